The highest BCUT2D eigenvalue weighted by Gasteiger charge is 2.28. The first-order chi connectivity index (χ1) is 11.7. The Balaban J connectivity index is 1.83. The third kappa shape index (κ3) is 3.23. The lowest BCUT2D eigenvalue weighted by atomic mass is 10.3. The number of methoxy groups -OCH3 is 1. The number of carbonyl (C=O) groups is 1. The number of aromatic nitrogens is 3. The van der Waals surface area contributed by atoms with Gasteiger partial charge in [0, 0.05) is 0 Å². The van der Waals surface area contributed by atoms with Crippen LogP contribution in [0.25, 0.3) is 0 Å². The molecular weight excluding hydrogens is 328 g/mol. The molecule has 0 saturated heterocycles. The van der Waals surface area contributed by atoms with Gasteiger partial charge < -0.3 is 9.47 Å². The van der Waals surface area contributed by atoms with Gasteiger partial charge in [-0.3, -0.25) is 4.79 Å². The van der Waals surface area contributed by atoms with Crippen LogP contribution in [0.3, 0.4) is 0 Å². The molecule has 8 heteroatoms. The summed E-state index contributed by atoms with van der Waals surface area (Å²) in [4.78, 5) is 12.2. The fraction of sp³-hybridized carbons (Fsp3) is 0.312. The topological polar surface area (TPSA) is 69.5 Å². The third-order valence-electron chi connectivity index (χ3n) is 3.47. The lowest BCUT2D eigenvalue weighted by molar-refractivity contribution is -0.117. The number of hydrogen-bond acceptors (Lipinski definition) is 6. The lowest BCUT2D eigenvalue weighted by Crippen LogP contribution is -2.45. The number of nitrogens with zero attached hydrogens (tertiary/aromatic N) is 4. The molecule has 0 unspecified atom stereocenters. The summed E-state index contributed by atoms with van der Waals surface area (Å²) >= 11 is 1.38. The van der Waals surface area contributed by atoms with Crippen molar-refractivity contribution in [3.63, 3.8) is 0 Å². The highest BCUT2D eigenvalue weighted by molar-refractivity contribution is 7.99. The van der Waals surface area contributed by atoms with E-state index in [-0.39, 0.29) is 12.5 Å². The standard InChI is InChI=1S/C16H18N4O3S/c1-3-4-9-19-15(21)11-24-16-18-17-14(20(16)19)10-23-13-8-6-5-7-12(13)22-2/h3-8H,9-11H2,1-2H3/b4-3+. The third-order valence-corrected chi connectivity index (χ3v) is 4.37. The Morgan fingerprint density at radius 3 is 2.83 bits per heavy atom. The van der Waals surface area contributed by atoms with Crippen molar-refractivity contribution in [2.24, 2.45) is 0 Å². The first-order valence-corrected chi connectivity index (χ1v) is 8.48. The Bertz CT molecular complexity index is 760. The molecule has 0 bridgehead atoms. The van der Waals surface area contributed by atoms with Crippen LogP contribution in [0, 0.1) is 0 Å². The Hall–Kier alpha value is -2.48. The van der Waals surface area contributed by atoms with E-state index in [1.807, 2.05) is 43.3 Å². The summed E-state index contributed by atoms with van der Waals surface area (Å²) in [5.41, 5.74) is 0. The van der Waals surface area contributed by atoms with Crippen LogP contribution < -0.4 is 14.5 Å². The molecule has 1 aromatic carbocycles. The SMILES string of the molecule is C/C=C/CN1C(=O)CSc2nnc(COc3ccccc3OC)n21. The van der Waals surface area contributed by atoms with E-state index in [4.69, 9.17) is 9.47 Å². The average Bonchev–Trinajstić information content (AvgIpc) is 3.02. The largest absolute Gasteiger partial charge is 0.493 e. The Labute approximate surface area is 144 Å². The average molecular weight is 346 g/mol. The van der Waals surface area contributed by atoms with Crippen LogP contribution in [0.15, 0.2) is 41.6 Å². The summed E-state index contributed by atoms with van der Waals surface area (Å²) in [5.74, 6) is 2.22. The first kappa shape index (κ1) is 16.4. The van der Waals surface area contributed by atoms with E-state index in [2.05, 4.69) is 10.2 Å². The van der Waals surface area contributed by atoms with Crippen molar-refractivity contribution in [2.75, 3.05) is 24.4 Å². The first-order valence-electron chi connectivity index (χ1n) is 7.49. The number of carbonyl (C=O) groups excluding carboxylic acids is 1. The predicted octanol–water partition coefficient (Wildman–Crippen LogP) is 2.01. The fourth-order valence-electron chi connectivity index (χ4n) is 2.30. The normalized spacial score (nSPS) is 14.1. The van der Waals surface area contributed by atoms with Gasteiger partial charge in [0.15, 0.2) is 17.3 Å². The van der Waals surface area contributed by atoms with Crippen LogP contribution in [-0.4, -0.2) is 40.2 Å². The van der Waals surface area contributed by atoms with E-state index >= 15 is 0 Å². The molecule has 0 atom stereocenters. The van der Waals surface area contributed by atoms with Crippen molar-refractivity contribution >= 4 is 17.7 Å². The highest BCUT2D eigenvalue weighted by Crippen LogP contribution is 2.28. The Kier molecular flexibility index (Phi) is 5.05. The molecule has 24 heavy (non-hydrogen) atoms. The van der Waals surface area contributed by atoms with Crippen molar-refractivity contribution in [3.8, 4) is 11.5 Å². The Morgan fingerprint density at radius 1 is 1.29 bits per heavy atom. The van der Waals surface area contributed by atoms with Crippen molar-refractivity contribution in [3.05, 3.63) is 42.2 Å². The van der Waals surface area contributed by atoms with Gasteiger partial charge in [0.25, 0.3) is 5.91 Å². The van der Waals surface area contributed by atoms with Crippen molar-refractivity contribution in [2.45, 2.75) is 18.7 Å². The molecule has 2 aromatic rings. The molecule has 126 valence electrons. The van der Waals surface area contributed by atoms with E-state index in [9.17, 15) is 4.79 Å². The molecule has 1 aliphatic heterocycles. The molecule has 0 N–H and O–H groups in total. The molecule has 1 aromatic heterocycles. The number of ether oxygens (including phenoxy) is 2. The number of thioether (sulfide) groups is 1. The number of fused-ring (bicyclic) bond motifs is 1. The predicted molar refractivity (Wildman–Crippen MR) is 91.0 cm³/mol. The summed E-state index contributed by atoms with van der Waals surface area (Å²) in [6.07, 6.45) is 3.83. The molecule has 0 radical (unpaired) electrons. The molecule has 2 heterocycles. The zero-order valence-electron chi connectivity index (χ0n) is 13.5. The van der Waals surface area contributed by atoms with Crippen LogP contribution >= 0.6 is 11.8 Å². The maximum atomic E-state index is 12.2. The highest BCUT2D eigenvalue weighted by atomic mass is 32.2. The summed E-state index contributed by atoms with van der Waals surface area (Å²) < 4.78 is 12.8. The number of benzene rings is 1. The molecular formula is C16H18N4O3S. The number of hydrogen-bond donors (Lipinski definition) is 0. The molecule has 0 aliphatic carbocycles. The number of para-hydroxylation sites is 2. The van der Waals surface area contributed by atoms with E-state index < -0.39 is 0 Å². The van der Waals surface area contributed by atoms with Gasteiger partial charge in [0.05, 0.1) is 19.4 Å². The molecule has 7 nitrogen and oxygen atoms in total. The summed E-state index contributed by atoms with van der Waals surface area (Å²) in [6.45, 7) is 2.58. The van der Waals surface area contributed by atoms with Crippen LogP contribution in [-0.2, 0) is 11.4 Å². The molecule has 0 spiro atoms. The zero-order chi connectivity index (χ0) is 16.9. The van der Waals surface area contributed by atoms with Gasteiger partial charge >= 0.3 is 0 Å². The monoisotopic (exact) mass is 346 g/mol. The molecule has 3 rings (SSSR count). The number of allylic oxidation sites excluding steroid dienone is 1. The van der Waals surface area contributed by atoms with Crippen LogP contribution in [0.4, 0.5) is 0 Å². The van der Waals surface area contributed by atoms with Gasteiger partial charge in [-0.15, -0.1) is 10.2 Å². The molecule has 0 saturated carbocycles. The summed E-state index contributed by atoms with van der Waals surface area (Å²) in [7, 11) is 1.59. The maximum absolute atomic E-state index is 12.2. The minimum absolute atomic E-state index is 0.0175. The van der Waals surface area contributed by atoms with E-state index in [1.54, 1.807) is 16.8 Å². The second-order valence-corrected chi connectivity index (χ2v) is 5.93. The van der Waals surface area contributed by atoms with Gasteiger partial charge in [-0.2, -0.15) is 0 Å². The van der Waals surface area contributed by atoms with Crippen LogP contribution in [0.5, 0.6) is 11.5 Å². The van der Waals surface area contributed by atoms with Crippen molar-refractivity contribution in [1.29, 1.82) is 0 Å². The van der Waals surface area contributed by atoms with Gasteiger partial charge in [-0.05, 0) is 19.1 Å². The van der Waals surface area contributed by atoms with E-state index in [0.717, 1.165) is 0 Å². The summed E-state index contributed by atoms with van der Waals surface area (Å²) in [5, 5.41) is 10.6. The van der Waals surface area contributed by atoms with Crippen LogP contribution in [0.2, 0.25) is 0 Å². The fourth-order valence-corrected chi connectivity index (χ4v) is 3.13. The minimum Gasteiger partial charge on any atom is -0.493 e. The second-order valence-electron chi connectivity index (χ2n) is 4.98. The molecule has 1 amide bonds. The van der Waals surface area contributed by atoms with Crippen LogP contribution in [0.1, 0.15) is 12.7 Å². The quantitative estimate of drug-likeness (QED) is 0.745. The van der Waals surface area contributed by atoms with E-state index in [1.165, 1.54) is 11.8 Å². The van der Waals surface area contributed by atoms with Gasteiger partial charge in [-0.25, -0.2) is 9.69 Å². The lowest BCUT2D eigenvalue weighted by Gasteiger charge is -2.28. The summed E-state index contributed by atoms with van der Waals surface area (Å²) in [6, 6.07) is 7.39. The minimum atomic E-state index is 0.0175. The molecule has 1 aliphatic rings. The Morgan fingerprint density at radius 2 is 2.08 bits per heavy atom. The smallest absolute Gasteiger partial charge is 0.252 e. The van der Waals surface area contributed by atoms with Crippen molar-refractivity contribution in [1.82, 2.24) is 14.9 Å². The number of amides is 1. The molecule has 0 fully saturated rings. The maximum Gasteiger partial charge on any atom is 0.252 e. The van der Waals surface area contributed by atoms with E-state index in [0.29, 0.717) is 34.8 Å². The second kappa shape index (κ2) is 7.39. The van der Waals surface area contributed by atoms with Gasteiger partial charge in [-0.1, -0.05) is 36.0 Å². The number of rotatable bonds is 6. The zero-order valence-corrected chi connectivity index (χ0v) is 14.3. The van der Waals surface area contributed by atoms with Gasteiger partial charge in [0.2, 0.25) is 5.16 Å². The van der Waals surface area contributed by atoms with Gasteiger partial charge in [0.1, 0.15) is 6.61 Å². The van der Waals surface area contributed by atoms with Crippen molar-refractivity contribution < 1.29 is 14.3 Å².